The van der Waals surface area contributed by atoms with Crippen molar-refractivity contribution in [1.82, 2.24) is 0 Å². The number of hydrogen-bond donors (Lipinski definition) is 1. The van der Waals surface area contributed by atoms with Crippen molar-refractivity contribution in [2.24, 2.45) is 5.41 Å². The minimum absolute atomic E-state index is 0.0918. The molecule has 1 aromatic heterocycles. The van der Waals surface area contributed by atoms with E-state index >= 15 is 0 Å². The van der Waals surface area contributed by atoms with Crippen LogP contribution in [0.15, 0.2) is 69.9 Å². The number of benzene rings is 1. The highest BCUT2D eigenvalue weighted by atomic mass is 16.3. The van der Waals surface area contributed by atoms with Gasteiger partial charge < -0.3 is 9.52 Å². The summed E-state index contributed by atoms with van der Waals surface area (Å²) in [6.45, 7) is 1.92. The van der Waals surface area contributed by atoms with E-state index in [-0.39, 0.29) is 5.78 Å². The lowest BCUT2D eigenvalue weighted by atomic mass is 9.57. The maximum absolute atomic E-state index is 13.0. The highest BCUT2D eigenvalue weighted by molar-refractivity contribution is 6.12. The van der Waals surface area contributed by atoms with Crippen molar-refractivity contribution in [3.63, 3.8) is 0 Å². The SMILES string of the molecule is CC1=C2CCC[C@H](O)[C@@]2(Cc2ccccc2)C/C(=C\c2ccco2)C1=O. The van der Waals surface area contributed by atoms with Crippen LogP contribution in [0.5, 0.6) is 0 Å². The Labute approximate surface area is 154 Å². The monoisotopic (exact) mass is 348 g/mol. The first-order valence-corrected chi connectivity index (χ1v) is 9.31. The van der Waals surface area contributed by atoms with Gasteiger partial charge in [0.2, 0.25) is 0 Å². The van der Waals surface area contributed by atoms with E-state index in [0.29, 0.717) is 12.2 Å². The van der Waals surface area contributed by atoms with E-state index in [1.54, 1.807) is 6.26 Å². The van der Waals surface area contributed by atoms with E-state index in [1.165, 1.54) is 5.56 Å². The average Bonchev–Trinajstić information content (AvgIpc) is 3.15. The molecule has 2 atom stereocenters. The molecule has 0 aliphatic heterocycles. The summed E-state index contributed by atoms with van der Waals surface area (Å²) in [5.41, 5.74) is 3.50. The molecule has 0 spiro atoms. The van der Waals surface area contributed by atoms with Crippen LogP contribution in [0.2, 0.25) is 0 Å². The zero-order valence-corrected chi connectivity index (χ0v) is 15.1. The van der Waals surface area contributed by atoms with Crippen LogP contribution in [0, 0.1) is 5.41 Å². The quantitative estimate of drug-likeness (QED) is 0.816. The van der Waals surface area contributed by atoms with Gasteiger partial charge in [0.25, 0.3) is 0 Å². The van der Waals surface area contributed by atoms with Gasteiger partial charge in [0.1, 0.15) is 5.76 Å². The molecular weight excluding hydrogens is 324 g/mol. The number of rotatable bonds is 3. The molecule has 1 fully saturated rings. The number of furan rings is 1. The zero-order valence-electron chi connectivity index (χ0n) is 15.1. The summed E-state index contributed by atoms with van der Waals surface area (Å²) in [6, 6.07) is 14.0. The Hall–Kier alpha value is -2.39. The van der Waals surface area contributed by atoms with Crippen molar-refractivity contribution in [2.75, 3.05) is 0 Å². The molecule has 26 heavy (non-hydrogen) atoms. The zero-order chi connectivity index (χ0) is 18.1. The summed E-state index contributed by atoms with van der Waals surface area (Å²) >= 11 is 0. The third kappa shape index (κ3) is 2.86. The van der Waals surface area contributed by atoms with Crippen molar-refractivity contribution in [3.8, 4) is 0 Å². The number of aliphatic hydroxyl groups is 1. The van der Waals surface area contributed by atoms with Gasteiger partial charge in [0.05, 0.1) is 12.4 Å². The standard InChI is InChI=1S/C23H24O3/c1-16-20-10-5-11-21(24)23(20,14-17-7-3-2-4-8-17)15-18(22(16)25)13-19-9-6-12-26-19/h2-4,6-9,12-13,21,24H,5,10-11,14-15H2,1H3/b18-13+/t21-,23-/m0/s1. The maximum Gasteiger partial charge on any atom is 0.184 e. The van der Waals surface area contributed by atoms with Gasteiger partial charge in [-0.1, -0.05) is 35.9 Å². The smallest absolute Gasteiger partial charge is 0.184 e. The van der Waals surface area contributed by atoms with Crippen LogP contribution in [0.3, 0.4) is 0 Å². The van der Waals surface area contributed by atoms with Gasteiger partial charge in [-0.25, -0.2) is 0 Å². The second-order valence-electron chi connectivity index (χ2n) is 7.52. The number of allylic oxidation sites excluding steroid dienone is 2. The van der Waals surface area contributed by atoms with Gasteiger partial charge in [-0.05, 0) is 68.4 Å². The summed E-state index contributed by atoms with van der Waals surface area (Å²) in [4.78, 5) is 13.0. The molecule has 4 rings (SSSR count). The van der Waals surface area contributed by atoms with Gasteiger partial charge in [-0.3, -0.25) is 4.79 Å². The van der Waals surface area contributed by atoms with Gasteiger partial charge in [-0.2, -0.15) is 0 Å². The van der Waals surface area contributed by atoms with Crippen molar-refractivity contribution in [2.45, 2.75) is 45.1 Å². The van der Waals surface area contributed by atoms with Crippen molar-refractivity contribution in [3.05, 3.63) is 76.8 Å². The first-order valence-electron chi connectivity index (χ1n) is 9.31. The van der Waals surface area contributed by atoms with Gasteiger partial charge in [-0.15, -0.1) is 0 Å². The molecule has 0 radical (unpaired) electrons. The summed E-state index contributed by atoms with van der Waals surface area (Å²) in [5.74, 6) is 0.777. The summed E-state index contributed by atoms with van der Waals surface area (Å²) in [5, 5.41) is 11.1. The minimum Gasteiger partial charge on any atom is -0.465 e. The van der Waals surface area contributed by atoms with Crippen LogP contribution >= 0.6 is 0 Å². The predicted molar refractivity (Wildman–Crippen MR) is 101 cm³/mol. The number of hydrogen-bond acceptors (Lipinski definition) is 3. The van der Waals surface area contributed by atoms with E-state index in [4.69, 9.17) is 4.42 Å². The lowest BCUT2D eigenvalue weighted by Crippen LogP contribution is -2.46. The lowest BCUT2D eigenvalue weighted by Gasteiger charge is -2.47. The first kappa shape index (κ1) is 17.0. The number of carbonyl (C=O) groups is 1. The molecule has 1 aromatic carbocycles. The molecule has 0 bridgehead atoms. The van der Waals surface area contributed by atoms with E-state index in [2.05, 4.69) is 12.1 Å². The minimum atomic E-state index is -0.436. The number of ketones is 1. The fourth-order valence-corrected chi connectivity index (χ4v) is 4.69. The number of Topliss-reactive ketones (excluding diaryl/α,β-unsaturated/α-hetero) is 1. The Kier molecular flexibility index (Phi) is 4.41. The molecule has 2 aromatic rings. The molecule has 0 amide bonds. The van der Waals surface area contributed by atoms with Crippen molar-refractivity contribution >= 4 is 11.9 Å². The summed E-state index contributed by atoms with van der Waals surface area (Å²) in [6.07, 6.45) is 6.96. The largest absolute Gasteiger partial charge is 0.465 e. The van der Waals surface area contributed by atoms with Crippen LogP contribution in [0.4, 0.5) is 0 Å². The average molecular weight is 348 g/mol. The van der Waals surface area contributed by atoms with Crippen LogP contribution < -0.4 is 0 Å². The molecule has 134 valence electrons. The highest BCUT2D eigenvalue weighted by Gasteiger charge is 2.48. The molecule has 1 N–H and O–H groups in total. The molecule has 1 heterocycles. The van der Waals surface area contributed by atoms with Crippen molar-refractivity contribution in [1.29, 1.82) is 0 Å². The fraction of sp³-hybridized carbons (Fsp3) is 0.348. The summed E-state index contributed by atoms with van der Waals surface area (Å²) < 4.78 is 5.43. The number of fused-ring (bicyclic) bond motifs is 1. The fourth-order valence-electron chi connectivity index (χ4n) is 4.69. The predicted octanol–water partition coefficient (Wildman–Crippen LogP) is 4.73. The van der Waals surface area contributed by atoms with Gasteiger partial charge >= 0.3 is 0 Å². The van der Waals surface area contributed by atoms with Crippen molar-refractivity contribution < 1.29 is 14.3 Å². The third-order valence-electron chi connectivity index (χ3n) is 5.96. The van der Waals surface area contributed by atoms with Gasteiger partial charge in [0.15, 0.2) is 5.78 Å². The highest BCUT2D eigenvalue weighted by Crippen LogP contribution is 2.52. The molecule has 2 aliphatic carbocycles. The molecule has 1 saturated carbocycles. The van der Waals surface area contributed by atoms with E-state index in [0.717, 1.165) is 42.4 Å². The Morgan fingerprint density at radius 1 is 1.23 bits per heavy atom. The first-order chi connectivity index (χ1) is 12.6. The summed E-state index contributed by atoms with van der Waals surface area (Å²) in [7, 11) is 0. The third-order valence-corrected chi connectivity index (χ3v) is 5.96. The van der Waals surface area contributed by atoms with Crippen LogP contribution in [0.1, 0.15) is 43.9 Å². The van der Waals surface area contributed by atoms with E-state index < -0.39 is 11.5 Å². The Balaban J connectivity index is 1.82. The molecule has 3 heteroatoms. The Bertz CT molecular complexity index is 858. The van der Waals surface area contributed by atoms with E-state index in [9.17, 15) is 9.90 Å². The van der Waals surface area contributed by atoms with Gasteiger partial charge in [0, 0.05) is 11.0 Å². The van der Waals surface area contributed by atoms with Crippen LogP contribution in [-0.2, 0) is 11.2 Å². The molecule has 3 nitrogen and oxygen atoms in total. The van der Waals surface area contributed by atoms with Crippen LogP contribution in [-0.4, -0.2) is 17.0 Å². The number of carbonyl (C=O) groups excluding carboxylic acids is 1. The Morgan fingerprint density at radius 3 is 2.77 bits per heavy atom. The molecule has 0 saturated heterocycles. The molecular formula is C23H24O3. The topological polar surface area (TPSA) is 50.4 Å². The molecule has 2 aliphatic rings. The number of aliphatic hydroxyl groups excluding tert-OH is 1. The van der Waals surface area contributed by atoms with Crippen LogP contribution in [0.25, 0.3) is 6.08 Å². The lowest BCUT2D eigenvalue weighted by molar-refractivity contribution is -0.113. The Morgan fingerprint density at radius 2 is 2.04 bits per heavy atom. The maximum atomic E-state index is 13.0. The van der Waals surface area contributed by atoms with E-state index in [1.807, 2.05) is 43.3 Å². The normalized spacial score (nSPS) is 27.7. The molecule has 0 unspecified atom stereocenters. The second-order valence-corrected chi connectivity index (χ2v) is 7.52. The second kappa shape index (κ2) is 6.73.